The molecule has 0 aliphatic carbocycles. The Morgan fingerprint density at radius 2 is 1.56 bits per heavy atom. The molecule has 0 spiro atoms. The van der Waals surface area contributed by atoms with Crippen LogP contribution in [0, 0.1) is 5.82 Å². The van der Waals surface area contributed by atoms with Gasteiger partial charge < -0.3 is 10.1 Å². The predicted molar refractivity (Wildman–Crippen MR) is 101 cm³/mol. The summed E-state index contributed by atoms with van der Waals surface area (Å²) in [6.45, 7) is 1.08. The van der Waals surface area contributed by atoms with E-state index in [4.69, 9.17) is 0 Å². The molecule has 0 fully saturated rings. The molecule has 0 unspecified atom stereocenters. The number of oxime groups is 1. The van der Waals surface area contributed by atoms with Crippen molar-refractivity contribution in [3.63, 3.8) is 0 Å². The molecule has 0 amide bonds. The second-order valence-corrected chi connectivity index (χ2v) is 6.58. The second-order valence-electron chi connectivity index (χ2n) is 6.58. The van der Waals surface area contributed by atoms with Gasteiger partial charge in [0.1, 0.15) is 5.82 Å². The lowest BCUT2D eigenvalue weighted by atomic mass is 9.96. The maximum Gasteiger partial charge on any atom is 0.123 e. The van der Waals surface area contributed by atoms with Crippen molar-refractivity contribution in [1.29, 1.82) is 0 Å². The second kappa shape index (κ2) is 9.94. The summed E-state index contributed by atoms with van der Waals surface area (Å²) in [6, 6.07) is 14.6. The number of halogens is 1. The van der Waals surface area contributed by atoms with E-state index in [0.29, 0.717) is 12.1 Å². The van der Waals surface area contributed by atoms with Crippen LogP contribution in [-0.4, -0.2) is 36.5 Å². The topological polar surface area (TPSA) is 35.8 Å². The smallest absolute Gasteiger partial charge is 0.123 e. The molecule has 1 N–H and O–H groups in total. The highest BCUT2D eigenvalue weighted by Gasteiger charge is 2.07. The Labute approximate surface area is 149 Å². The van der Waals surface area contributed by atoms with E-state index in [1.54, 1.807) is 12.1 Å². The molecule has 0 saturated carbocycles. The van der Waals surface area contributed by atoms with Crippen molar-refractivity contribution in [2.75, 3.05) is 20.6 Å². The van der Waals surface area contributed by atoms with Crippen LogP contribution in [0.25, 0.3) is 0 Å². The van der Waals surface area contributed by atoms with Crippen LogP contribution >= 0.6 is 0 Å². The summed E-state index contributed by atoms with van der Waals surface area (Å²) in [4.78, 5) is 2.20. The molecular weight excluding hydrogens is 315 g/mol. The highest BCUT2D eigenvalue weighted by molar-refractivity contribution is 6.00. The first kappa shape index (κ1) is 19.1. The molecule has 0 heterocycles. The summed E-state index contributed by atoms with van der Waals surface area (Å²) in [7, 11) is 4.19. The summed E-state index contributed by atoms with van der Waals surface area (Å²) in [5, 5.41) is 12.7. The monoisotopic (exact) mass is 342 g/mol. The summed E-state index contributed by atoms with van der Waals surface area (Å²) in [5.41, 5.74) is 4.12. The minimum absolute atomic E-state index is 0.285. The van der Waals surface area contributed by atoms with Gasteiger partial charge in [-0.05, 0) is 81.6 Å². The third-order valence-electron chi connectivity index (χ3n) is 4.33. The Balaban J connectivity index is 1.91. The fraction of sp³-hybridized carbons (Fsp3) is 0.381. The molecule has 2 rings (SSSR count). The molecule has 2 aromatic carbocycles. The quantitative estimate of drug-likeness (QED) is 0.413. The predicted octanol–water partition coefficient (Wildman–Crippen LogP) is 4.52. The molecule has 4 heteroatoms. The molecule has 134 valence electrons. The molecule has 0 aromatic heterocycles. The molecule has 25 heavy (non-hydrogen) atoms. The van der Waals surface area contributed by atoms with Gasteiger partial charge in [-0.2, -0.15) is 0 Å². The standard InChI is InChI=1S/C21H27FN2O/c1-24(2)16-6-10-18-8-4-3-7-17(18)9-5-11-21(23-25)19-12-14-20(22)15-13-19/h3-4,7-8,12-15,25H,5-6,9-11,16H2,1-2H3. The third kappa shape index (κ3) is 6.31. The first-order valence-corrected chi connectivity index (χ1v) is 8.78. The number of hydrogen-bond acceptors (Lipinski definition) is 3. The Morgan fingerprint density at radius 3 is 2.12 bits per heavy atom. The Hall–Kier alpha value is -2.20. The Morgan fingerprint density at radius 1 is 0.960 bits per heavy atom. The number of nitrogens with zero attached hydrogens (tertiary/aromatic N) is 2. The number of benzene rings is 2. The third-order valence-corrected chi connectivity index (χ3v) is 4.33. The van der Waals surface area contributed by atoms with Gasteiger partial charge in [-0.1, -0.05) is 41.6 Å². The van der Waals surface area contributed by atoms with Crippen LogP contribution in [0.4, 0.5) is 4.39 Å². The lowest BCUT2D eigenvalue weighted by Gasteiger charge is -2.12. The zero-order valence-corrected chi connectivity index (χ0v) is 15.1. The molecule has 3 nitrogen and oxygen atoms in total. The molecule has 0 radical (unpaired) electrons. The van der Waals surface area contributed by atoms with Crippen LogP contribution in [0.15, 0.2) is 53.7 Å². The van der Waals surface area contributed by atoms with Crippen molar-refractivity contribution in [3.05, 3.63) is 71.0 Å². The van der Waals surface area contributed by atoms with Gasteiger partial charge in [0.15, 0.2) is 0 Å². The van der Waals surface area contributed by atoms with E-state index in [-0.39, 0.29) is 5.82 Å². The van der Waals surface area contributed by atoms with Gasteiger partial charge in [0.05, 0.1) is 5.71 Å². The summed E-state index contributed by atoms with van der Waals surface area (Å²) in [5.74, 6) is -0.285. The van der Waals surface area contributed by atoms with Gasteiger partial charge in [0.2, 0.25) is 0 Å². The highest BCUT2D eigenvalue weighted by atomic mass is 19.1. The maximum atomic E-state index is 13.0. The van der Waals surface area contributed by atoms with Crippen molar-refractivity contribution in [2.24, 2.45) is 5.16 Å². The maximum absolute atomic E-state index is 13.0. The van der Waals surface area contributed by atoms with E-state index in [1.165, 1.54) is 23.3 Å². The van der Waals surface area contributed by atoms with Gasteiger partial charge in [-0.25, -0.2) is 4.39 Å². The van der Waals surface area contributed by atoms with Gasteiger partial charge in [-0.15, -0.1) is 0 Å². The number of aryl methyl sites for hydroxylation is 2. The zero-order chi connectivity index (χ0) is 18.1. The van der Waals surface area contributed by atoms with E-state index >= 15 is 0 Å². The first-order valence-electron chi connectivity index (χ1n) is 8.78. The summed E-state index contributed by atoms with van der Waals surface area (Å²) < 4.78 is 13.0. The fourth-order valence-corrected chi connectivity index (χ4v) is 2.97. The molecule has 0 aliphatic heterocycles. The summed E-state index contributed by atoms with van der Waals surface area (Å²) in [6.07, 6.45) is 4.71. The molecule has 0 saturated heterocycles. The number of rotatable bonds is 9. The largest absolute Gasteiger partial charge is 0.411 e. The fourth-order valence-electron chi connectivity index (χ4n) is 2.97. The lowest BCUT2D eigenvalue weighted by Crippen LogP contribution is -2.13. The molecule has 0 atom stereocenters. The average molecular weight is 342 g/mol. The number of hydrogen-bond donors (Lipinski definition) is 1. The SMILES string of the molecule is CN(C)CCCc1ccccc1CCCC(=NO)c1ccc(F)cc1. The molecule has 0 aliphatic rings. The van der Waals surface area contributed by atoms with Gasteiger partial charge in [0, 0.05) is 0 Å². The van der Waals surface area contributed by atoms with Crippen LogP contribution in [-0.2, 0) is 12.8 Å². The van der Waals surface area contributed by atoms with Crippen molar-refractivity contribution in [2.45, 2.75) is 32.1 Å². The molecule has 2 aromatic rings. The van der Waals surface area contributed by atoms with Gasteiger partial charge >= 0.3 is 0 Å². The Bertz CT molecular complexity index is 681. The molecular formula is C21H27FN2O. The van der Waals surface area contributed by atoms with E-state index in [1.807, 2.05) is 0 Å². The normalized spacial score (nSPS) is 11.9. The van der Waals surface area contributed by atoms with E-state index in [2.05, 4.69) is 48.4 Å². The van der Waals surface area contributed by atoms with Crippen molar-refractivity contribution in [3.8, 4) is 0 Å². The lowest BCUT2D eigenvalue weighted by molar-refractivity contribution is 0.318. The van der Waals surface area contributed by atoms with Gasteiger partial charge in [-0.3, -0.25) is 0 Å². The van der Waals surface area contributed by atoms with Crippen LogP contribution in [0.5, 0.6) is 0 Å². The summed E-state index contributed by atoms with van der Waals surface area (Å²) >= 11 is 0. The minimum atomic E-state index is -0.285. The van der Waals surface area contributed by atoms with Crippen molar-refractivity contribution < 1.29 is 9.60 Å². The van der Waals surface area contributed by atoms with Crippen molar-refractivity contribution >= 4 is 5.71 Å². The van der Waals surface area contributed by atoms with Crippen LogP contribution in [0.1, 0.15) is 36.0 Å². The van der Waals surface area contributed by atoms with Gasteiger partial charge in [0.25, 0.3) is 0 Å². The first-order chi connectivity index (χ1) is 12.1. The van der Waals surface area contributed by atoms with E-state index < -0.39 is 0 Å². The average Bonchev–Trinajstić information content (AvgIpc) is 2.61. The highest BCUT2D eigenvalue weighted by Crippen LogP contribution is 2.16. The molecule has 0 bridgehead atoms. The Kier molecular flexibility index (Phi) is 7.61. The van der Waals surface area contributed by atoms with Crippen LogP contribution in [0.3, 0.4) is 0 Å². The van der Waals surface area contributed by atoms with Crippen molar-refractivity contribution in [1.82, 2.24) is 4.90 Å². The van der Waals surface area contributed by atoms with E-state index in [0.717, 1.165) is 37.8 Å². The van der Waals surface area contributed by atoms with Crippen LogP contribution < -0.4 is 0 Å². The zero-order valence-electron chi connectivity index (χ0n) is 15.1. The van der Waals surface area contributed by atoms with Crippen LogP contribution in [0.2, 0.25) is 0 Å². The van der Waals surface area contributed by atoms with E-state index in [9.17, 15) is 9.60 Å². The minimum Gasteiger partial charge on any atom is -0.411 e.